The Morgan fingerprint density at radius 1 is 1.24 bits per heavy atom. The minimum Gasteiger partial charge on any atom is -0.497 e. The van der Waals surface area contributed by atoms with Gasteiger partial charge in [-0.15, -0.1) is 0 Å². The third-order valence-electron chi connectivity index (χ3n) is 7.19. The van der Waals surface area contributed by atoms with E-state index in [0.29, 0.717) is 12.3 Å². The minimum atomic E-state index is 0.0347. The summed E-state index contributed by atoms with van der Waals surface area (Å²) in [5, 5.41) is 1.33. The summed E-state index contributed by atoms with van der Waals surface area (Å²) in [4.78, 5) is 18.3. The highest BCUT2D eigenvalue weighted by atomic mass is 16.5. The van der Waals surface area contributed by atoms with Gasteiger partial charge in [0.1, 0.15) is 5.75 Å². The molecule has 2 aromatic carbocycles. The fraction of sp³-hybridized carbons (Fsp3) is 0.400. The summed E-state index contributed by atoms with van der Waals surface area (Å²) in [6.07, 6.45) is 3.57. The number of benzene rings is 2. The number of carbonyl (C=O) groups excluding carboxylic acids is 1. The molecule has 1 aromatic heterocycles. The van der Waals surface area contributed by atoms with Gasteiger partial charge in [-0.05, 0) is 54.5 Å². The maximum absolute atomic E-state index is 12.5. The molecule has 4 heteroatoms. The first kappa shape index (κ1) is 18.3. The number of carbonyl (C=O) groups is 1. The van der Waals surface area contributed by atoms with Crippen molar-refractivity contribution < 1.29 is 9.53 Å². The molecule has 0 radical (unpaired) electrons. The highest BCUT2D eigenvalue weighted by Crippen LogP contribution is 2.49. The van der Waals surface area contributed by atoms with Crippen LogP contribution in [0, 0.1) is 5.92 Å². The van der Waals surface area contributed by atoms with Gasteiger partial charge in [0.2, 0.25) is 5.91 Å². The number of hydrogen-bond donors (Lipinski definition) is 1. The van der Waals surface area contributed by atoms with Crippen molar-refractivity contribution in [1.29, 1.82) is 0 Å². The van der Waals surface area contributed by atoms with Gasteiger partial charge < -0.3 is 14.6 Å². The molecule has 1 fully saturated rings. The van der Waals surface area contributed by atoms with E-state index < -0.39 is 0 Å². The SMILES string of the molecule is CCC(=O)N1CCC2(c3cccc(OC)c3)Cc3[nH]c4ccccc4c3CC2C1. The second-order valence-electron chi connectivity index (χ2n) is 8.54. The maximum atomic E-state index is 12.5. The number of rotatable bonds is 3. The molecule has 1 amide bonds. The van der Waals surface area contributed by atoms with Crippen LogP contribution in [-0.2, 0) is 23.1 Å². The van der Waals surface area contributed by atoms with E-state index in [0.717, 1.165) is 38.1 Å². The number of methoxy groups -OCH3 is 1. The minimum absolute atomic E-state index is 0.0347. The lowest BCUT2D eigenvalue weighted by Gasteiger charge is -2.51. The summed E-state index contributed by atoms with van der Waals surface area (Å²) in [5.74, 6) is 1.59. The zero-order chi connectivity index (χ0) is 20.0. The van der Waals surface area contributed by atoms with E-state index in [1.807, 2.05) is 13.0 Å². The van der Waals surface area contributed by atoms with Gasteiger partial charge in [0.15, 0.2) is 0 Å². The molecule has 4 nitrogen and oxygen atoms in total. The molecule has 29 heavy (non-hydrogen) atoms. The Kier molecular flexibility index (Phi) is 4.38. The van der Waals surface area contributed by atoms with E-state index in [1.165, 1.54) is 27.7 Å². The van der Waals surface area contributed by atoms with Gasteiger partial charge in [-0.2, -0.15) is 0 Å². The van der Waals surface area contributed by atoms with Crippen LogP contribution in [0.4, 0.5) is 0 Å². The van der Waals surface area contributed by atoms with Crippen LogP contribution in [0.5, 0.6) is 5.75 Å². The first-order valence-corrected chi connectivity index (χ1v) is 10.7. The van der Waals surface area contributed by atoms with Crippen molar-refractivity contribution in [2.24, 2.45) is 5.92 Å². The molecule has 0 spiro atoms. The van der Waals surface area contributed by atoms with E-state index in [-0.39, 0.29) is 11.3 Å². The Labute approximate surface area is 171 Å². The number of aromatic nitrogens is 1. The first-order chi connectivity index (χ1) is 14.1. The van der Waals surface area contributed by atoms with E-state index in [9.17, 15) is 4.79 Å². The van der Waals surface area contributed by atoms with Crippen LogP contribution in [-0.4, -0.2) is 36.0 Å². The summed E-state index contributed by atoms with van der Waals surface area (Å²) in [5.41, 5.74) is 5.40. The van der Waals surface area contributed by atoms with E-state index in [4.69, 9.17) is 4.74 Å². The third kappa shape index (κ3) is 2.85. The third-order valence-corrected chi connectivity index (χ3v) is 7.19. The Morgan fingerprint density at radius 3 is 2.93 bits per heavy atom. The lowest BCUT2D eigenvalue weighted by molar-refractivity contribution is -0.134. The molecule has 2 aliphatic rings. The van der Waals surface area contributed by atoms with Gasteiger partial charge in [-0.1, -0.05) is 37.3 Å². The number of H-pyrrole nitrogens is 1. The number of likely N-dealkylation sites (tertiary alicyclic amines) is 1. The van der Waals surface area contributed by atoms with Crippen molar-refractivity contribution >= 4 is 16.8 Å². The Hall–Kier alpha value is -2.75. The molecule has 2 unspecified atom stereocenters. The monoisotopic (exact) mass is 388 g/mol. The average molecular weight is 389 g/mol. The summed E-state index contributed by atoms with van der Waals surface area (Å²) in [6, 6.07) is 17.2. The maximum Gasteiger partial charge on any atom is 0.222 e. The number of fused-ring (bicyclic) bond motifs is 4. The molecule has 1 N–H and O–H groups in total. The Bertz CT molecular complexity index is 1070. The van der Waals surface area contributed by atoms with Crippen molar-refractivity contribution in [3.8, 4) is 5.75 Å². The predicted molar refractivity (Wildman–Crippen MR) is 115 cm³/mol. The molecule has 2 heterocycles. The van der Waals surface area contributed by atoms with Crippen LogP contribution in [0.25, 0.3) is 10.9 Å². The highest BCUT2D eigenvalue weighted by Gasteiger charge is 2.48. The second-order valence-corrected chi connectivity index (χ2v) is 8.54. The molecule has 1 aliphatic heterocycles. The number of nitrogens with zero attached hydrogens (tertiary/aromatic N) is 1. The van der Waals surface area contributed by atoms with Gasteiger partial charge in [0, 0.05) is 41.5 Å². The van der Waals surface area contributed by atoms with Crippen molar-refractivity contribution in [2.75, 3.05) is 20.2 Å². The van der Waals surface area contributed by atoms with Crippen molar-refractivity contribution in [3.05, 3.63) is 65.4 Å². The number of piperidine rings is 1. The van der Waals surface area contributed by atoms with E-state index in [1.54, 1.807) is 7.11 Å². The fourth-order valence-corrected chi connectivity index (χ4v) is 5.63. The molecule has 0 bridgehead atoms. The normalized spacial score (nSPS) is 23.5. The number of hydrogen-bond acceptors (Lipinski definition) is 2. The standard InChI is InChI=1S/C25H28N2O2/c1-3-24(28)27-12-11-25(17-7-6-8-19(13-17)29-2)15-23-21(14-18(25)16-27)20-9-4-5-10-22(20)26-23/h4-10,13,18,26H,3,11-12,14-16H2,1-2H3. The molecule has 1 saturated heterocycles. The average Bonchev–Trinajstić information content (AvgIpc) is 3.13. The van der Waals surface area contributed by atoms with Crippen LogP contribution < -0.4 is 4.74 Å². The first-order valence-electron chi connectivity index (χ1n) is 10.7. The summed E-state index contributed by atoms with van der Waals surface area (Å²) >= 11 is 0. The number of amides is 1. The van der Waals surface area contributed by atoms with Crippen LogP contribution >= 0.6 is 0 Å². The molecule has 2 atom stereocenters. The smallest absolute Gasteiger partial charge is 0.222 e. The van der Waals surface area contributed by atoms with E-state index in [2.05, 4.69) is 52.3 Å². The predicted octanol–water partition coefficient (Wildman–Crippen LogP) is 4.47. The lowest BCUT2D eigenvalue weighted by atomic mass is 9.58. The number of aromatic amines is 1. The van der Waals surface area contributed by atoms with E-state index >= 15 is 0 Å². The van der Waals surface area contributed by atoms with Crippen molar-refractivity contribution in [2.45, 2.75) is 38.0 Å². The molecule has 1 aliphatic carbocycles. The van der Waals surface area contributed by atoms with Gasteiger partial charge in [0.25, 0.3) is 0 Å². The molecule has 3 aromatic rings. The zero-order valence-electron chi connectivity index (χ0n) is 17.2. The highest BCUT2D eigenvalue weighted by molar-refractivity contribution is 5.85. The lowest BCUT2D eigenvalue weighted by Crippen LogP contribution is -2.55. The number of ether oxygens (including phenoxy) is 1. The van der Waals surface area contributed by atoms with Gasteiger partial charge in [-0.3, -0.25) is 4.79 Å². The summed E-state index contributed by atoms with van der Waals surface area (Å²) in [7, 11) is 1.73. The van der Waals surface area contributed by atoms with Crippen LogP contribution in [0.2, 0.25) is 0 Å². The molecular weight excluding hydrogens is 360 g/mol. The molecule has 150 valence electrons. The fourth-order valence-electron chi connectivity index (χ4n) is 5.63. The molecular formula is C25H28N2O2. The molecule has 0 saturated carbocycles. The van der Waals surface area contributed by atoms with Crippen LogP contribution in [0.15, 0.2) is 48.5 Å². The zero-order valence-corrected chi connectivity index (χ0v) is 17.2. The van der Waals surface area contributed by atoms with Crippen LogP contribution in [0.1, 0.15) is 36.6 Å². The Balaban J connectivity index is 1.63. The quantitative estimate of drug-likeness (QED) is 0.719. The van der Waals surface area contributed by atoms with Crippen molar-refractivity contribution in [1.82, 2.24) is 9.88 Å². The summed E-state index contributed by atoms with van der Waals surface area (Å²) in [6.45, 7) is 3.63. The van der Waals surface area contributed by atoms with Crippen molar-refractivity contribution in [3.63, 3.8) is 0 Å². The van der Waals surface area contributed by atoms with Gasteiger partial charge in [-0.25, -0.2) is 0 Å². The van der Waals surface area contributed by atoms with Gasteiger partial charge in [0.05, 0.1) is 7.11 Å². The second kappa shape index (κ2) is 6.94. The topological polar surface area (TPSA) is 45.3 Å². The van der Waals surface area contributed by atoms with Crippen LogP contribution in [0.3, 0.4) is 0 Å². The van der Waals surface area contributed by atoms with Gasteiger partial charge >= 0.3 is 0 Å². The summed E-state index contributed by atoms with van der Waals surface area (Å²) < 4.78 is 5.54. The molecule has 5 rings (SSSR count). The number of nitrogens with one attached hydrogen (secondary N) is 1. The Morgan fingerprint density at radius 2 is 2.10 bits per heavy atom. The largest absolute Gasteiger partial charge is 0.497 e. The number of para-hydroxylation sites is 1.